The summed E-state index contributed by atoms with van der Waals surface area (Å²) in [5, 5.41) is 25.0. The zero-order chi connectivity index (χ0) is 26.4. The first-order valence-electron chi connectivity index (χ1n) is 10.8. The molecule has 0 aliphatic carbocycles. The van der Waals surface area contributed by atoms with Gasteiger partial charge in [0, 0.05) is 22.2 Å². The summed E-state index contributed by atoms with van der Waals surface area (Å²) >= 11 is 12.2. The van der Waals surface area contributed by atoms with Gasteiger partial charge in [-0.15, -0.1) is 15.3 Å². The van der Waals surface area contributed by atoms with Gasteiger partial charge in [0.05, 0.1) is 9.95 Å². The molecule has 4 aromatic rings. The van der Waals surface area contributed by atoms with Crippen LogP contribution >= 0.6 is 23.2 Å². The number of nitro groups is 1. The summed E-state index contributed by atoms with van der Waals surface area (Å²) in [6.07, 6.45) is 0. The smallest absolute Gasteiger partial charge is 0.280 e. The number of azo groups is 1. The fourth-order valence-electron chi connectivity index (χ4n) is 3.24. The number of hydrogen-bond donors (Lipinski definition) is 1. The van der Waals surface area contributed by atoms with E-state index < -0.39 is 17.4 Å². The van der Waals surface area contributed by atoms with Gasteiger partial charge in [0.1, 0.15) is 22.5 Å². The lowest BCUT2D eigenvalue weighted by Crippen LogP contribution is -2.26. The molecule has 0 saturated carbocycles. The number of benzene rings is 3. The third kappa shape index (κ3) is 6.43. The number of carbonyl (C=O) groups excluding carboxylic acids is 1. The summed E-state index contributed by atoms with van der Waals surface area (Å²) in [4.78, 5) is 28.0. The van der Waals surface area contributed by atoms with E-state index in [2.05, 4.69) is 25.7 Å². The Morgan fingerprint density at radius 3 is 2.68 bits per heavy atom. The van der Waals surface area contributed by atoms with E-state index in [1.54, 1.807) is 36.4 Å². The molecule has 1 aromatic heterocycles. The number of para-hydroxylation sites is 1. The summed E-state index contributed by atoms with van der Waals surface area (Å²) in [6.45, 7) is 1.45. The number of rotatable bonds is 7. The van der Waals surface area contributed by atoms with Crippen LogP contribution < -0.4 is 10.2 Å². The van der Waals surface area contributed by atoms with Gasteiger partial charge in [-0.2, -0.15) is 0 Å². The van der Waals surface area contributed by atoms with Gasteiger partial charge in [-0.25, -0.2) is 10.4 Å². The summed E-state index contributed by atoms with van der Waals surface area (Å²) in [5.74, 6) is -0.478. The molecular formula is C25H18Cl2N6O4. The molecule has 0 atom stereocenters. The predicted octanol–water partition coefficient (Wildman–Crippen LogP) is 6.40. The quantitative estimate of drug-likeness (QED) is 0.0958. The maximum Gasteiger partial charge on any atom is 0.280 e. The topological polar surface area (TPSA) is 131 Å². The molecule has 10 nitrogen and oxygen atoms in total. The number of carbonyl (C=O) groups is 1. The lowest BCUT2D eigenvalue weighted by Gasteiger charge is -2.09. The van der Waals surface area contributed by atoms with Crippen molar-refractivity contribution in [1.29, 1.82) is 0 Å². The second-order valence-electron chi connectivity index (χ2n) is 7.61. The van der Waals surface area contributed by atoms with E-state index in [9.17, 15) is 14.9 Å². The fraction of sp³-hybridized carbons (Fsp3) is 0.0800. The van der Waals surface area contributed by atoms with Crippen molar-refractivity contribution in [2.24, 2.45) is 15.3 Å². The number of aryl methyl sites for hydroxylation is 1. The van der Waals surface area contributed by atoms with Crippen molar-refractivity contribution in [3.05, 3.63) is 104 Å². The first kappa shape index (κ1) is 25.7. The molecule has 1 amide bonds. The molecule has 1 heterocycles. The number of aromatic nitrogens is 1. The average Bonchev–Trinajstić information content (AvgIpc) is 2.88. The van der Waals surface area contributed by atoms with Crippen LogP contribution in [-0.4, -0.2) is 28.3 Å². The van der Waals surface area contributed by atoms with Crippen molar-refractivity contribution in [2.45, 2.75) is 6.92 Å². The van der Waals surface area contributed by atoms with Gasteiger partial charge in [0.25, 0.3) is 11.6 Å². The Morgan fingerprint density at radius 1 is 1.08 bits per heavy atom. The van der Waals surface area contributed by atoms with Crippen LogP contribution in [0.5, 0.6) is 5.75 Å². The Labute approximate surface area is 220 Å². The number of nitro benzene ring substituents is 1. The molecule has 0 aliphatic heterocycles. The normalized spacial score (nSPS) is 11.6. The Morgan fingerprint density at radius 2 is 1.89 bits per heavy atom. The van der Waals surface area contributed by atoms with Crippen LogP contribution in [0.4, 0.5) is 11.4 Å². The predicted molar refractivity (Wildman–Crippen MR) is 141 cm³/mol. The van der Waals surface area contributed by atoms with Crippen molar-refractivity contribution in [2.75, 3.05) is 6.61 Å². The van der Waals surface area contributed by atoms with Gasteiger partial charge in [-0.3, -0.25) is 14.9 Å². The Bertz CT molecular complexity index is 1560. The number of amides is 1. The molecule has 0 bridgehead atoms. The first-order valence-corrected chi connectivity index (χ1v) is 11.5. The second-order valence-corrected chi connectivity index (χ2v) is 8.45. The third-order valence-corrected chi connectivity index (χ3v) is 5.52. The summed E-state index contributed by atoms with van der Waals surface area (Å²) in [6, 6.07) is 19.6. The van der Waals surface area contributed by atoms with Gasteiger partial charge in [-0.05, 0) is 43.3 Å². The SMILES string of the molecule is Cc1ccc2cccc(OCC(=O)NN=C(N=Nc3ccccc3Cl)c3cc(Cl)ccc3[N+](=O)[O-])c2n1. The molecular weight excluding hydrogens is 519 g/mol. The van der Waals surface area contributed by atoms with E-state index >= 15 is 0 Å². The molecule has 0 saturated heterocycles. The largest absolute Gasteiger partial charge is 0.481 e. The number of hydrazone groups is 1. The van der Waals surface area contributed by atoms with E-state index in [-0.39, 0.29) is 22.1 Å². The lowest BCUT2D eigenvalue weighted by molar-refractivity contribution is -0.385. The highest BCUT2D eigenvalue weighted by Crippen LogP contribution is 2.27. The van der Waals surface area contributed by atoms with Crippen LogP contribution in [0.15, 0.2) is 88.1 Å². The number of pyridine rings is 1. The van der Waals surface area contributed by atoms with Gasteiger partial charge in [0.2, 0.25) is 5.84 Å². The van der Waals surface area contributed by atoms with E-state index in [0.29, 0.717) is 22.0 Å². The van der Waals surface area contributed by atoms with Gasteiger partial charge in [0.15, 0.2) is 6.61 Å². The maximum atomic E-state index is 12.6. The highest BCUT2D eigenvalue weighted by Gasteiger charge is 2.20. The summed E-state index contributed by atoms with van der Waals surface area (Å²) in [5.41, 5.74) is 3.63. The Kier molecular flexibility index (Phi) is 8.02. The van der Waals surface area contributed by atoms with Crippen LogP contribution in [0.2, 0.25) is 10.0 Å². The number of nitrogens with zero attached hydrogens (tertiary/aromatic N) is 5. The van der Waals surface area contributed by atoms with E-state index in [1.807, 2.05) is 25.1 Å². The minimum absolute atomic E-state index is 0.0525. The van der Waals surface area contributed by atoms with Crippen molar-refractivity contribution in [3.63, 3.8) is 0 Å². The zero-order valence-electron chi connectivity index (χ0n) is 19.3. The van der Waals surface area contributed by atoms with Gasteiger partial charge < -0.3 is 4.74 Å². The molecule has 12 heteroatoms. The Hall–Kier alpha value is -4.41. The van der Waals surface area contributed by atoms with Crippen LogP contribution in [0.3, 0.4) is 0 Å². The highest BCUT2D eigenvalue weighted by molar-refractivity contribution is 6.33. The zero-order valence-corrected chi connectivity index (χ0v) is 20.8. The van der Waals surface area contributed by atoms with Gasteiger partial charge >= 0.3 is 0 Å². The molecule has 37 heavy (non-hydrogen) atoms. The maximum absolute atomic E-state index is 12.6. The number of fused-ring (bicyclic) bond motifs is 1. The minimum Gasteiger partial charge on any atom is -0.481 e. The van der Waals surface area contributed by atoms with Crippen molar-refractivity contribution in [1.82, 2.24) is 10.4 Å². The van der Waals surface area contributed by atoms with Crippen molar-refractivity contribution in [3.8, 4) is 5.75 Å². The molecule has 186 valence electrons. The molecule has 4 rings (SSSR count). The molecule has 0 radical (unpaired) electrons. The van der Waals surface area contributed by atoms with Crippen LogP contribution in [0.25, 0.3) is 10.9 Å². The monoisotopic (exact) mass is 536 g/mol. The number of halogens is 2. The highest BCUT2D eigenvalue weighted by atomic mass is 35.5. The van der Waals surface area contributed by atoms with E-state index in [4.69, 9.17) is 27.9 Å². The summed E-state index contributed by atoms with van der Waals surface area (Å²) in [7, 11) is 0. The molecule has 1 N–H and O–H groups in total. The van der Waals surface area contributed by atoms with E-state index in [1.165, 1.54) is 18.2 Å². The second kappa shape index (κ2) is 11.5. The average molecular weight is 537 g/mol. The molecule has 0 unspecified atom stereocenters. The van der Waals surface area contributed by atoms with Crippen LogP contribution in [0.1, 0.15) is 11.3 Å². The third-order valence-electron chi connectivity index (χ3n) is 4.97. The standard InChI is InChI=1S/C25H18Cl2N6O4/c1-15-9-10-16-5-4-8-22(24(16)28-15)37-14-23(34)30-32-25(31-29-20-7-3-2-6-19(20)27)18-13-17(26)11-12-21(18)33(35)36/h2-13H,14H2,1H3,(H,30,34). The van der Waals surface area contributed by atoms with Gasteiger partial charge in [-0.1, -0.05) is 53.5 Å². The first-order chi connectivity index (χ1) is 17.8. The lowest BCUT2D eigenvalue weighted by atomic mass is 10.1. The Balaban J connectivity index is 1.60. The van der Waals surface area contributed by atoms with Crippen LogP contribution in [-0.2, 0) is 4.79 Å². The molecule has 0 spiro atoms. The molecule has 3 aromatic carbocycles. The van der Waals surface area contributed by atoms with Crippen LogP contribution in [0, 0.1) is 17.0 Å². The number of ether oxygens (including phenoxy) is 1. The minimum atomic E-state index is -0.639. The van der Waals surface area contributed by atoms with Crippen molar-refractivity contribution >= 4 is 57.2 Å². The molecule has 0 aliphatic rings. The fourth-order valence-corrected chi connectivity index (χ4v) is 3.59. The van der Waals surface area contributed by atoms with E-state index in [0.717, 1.165) is 11.1 Å². The number of hydrogen-bond acceptors (Lipinski definition) is 7. The summed E-state index contributed by atoms with van der Waals surface area (Å²) < 4.78 is 5.66. The number of nitrogens with one attached hydrogen (secondary N) is 1. The number of amidine groups is 1. The van der Waals surface area contributed by atoms with Crippen molar-refractivity contribution < 1.29 is 14.5 Å². The molecule has 0 fully saturated rings.